The third kappa shape index (κ3) is 20.9. The van der Waals surface area contributed by atoms with Crippen LogP contribution in [-0.2, 0) is 56.2 Å². The topological polar surface area (TPSA) is 162 Å². The Morgan fingerprint density at radius 1 is 0.833 bits per heavy atom. The number of nitrogens with one attached hydrogen (secondary N) is 4. The minimum atomic E-state index is -1.17. The van der Waals surface area contributed by atoms with Crippen molar-refractivity contribution in [3.8, 4) is 0 Å². The monoisotopic (exact) mass is 875 g/mol. The van der Waals surface area contributed by atoms with Crippen molar-refractivity contribution < 1.29 is 48.5 Å². The highest BCUT2D eigenvalue weighted by atomic mass is 127. The first-order chi connectivity index (χ1) is 26.0. The molecule has 0 saturated carbocycles. The lowest BCUT2D eigenvalue weighted by atomic mass is 10.1. The van der Waals surface area contributed by atoms with Gasteiger partial charge in [-0.3, -0.25) is 29.0 Å². The number of morpholine rings is 1. The maximum atomic E-state index is 10.9. The quantitative estimate of drug-likeness (QED) is 0.0173. The highest BCUT2D eigenvalue weighted by Gasteiger charge is 2.32. The van der Waals surface area contributed by atoms with Crippen molar-refractivity contribution in [2.75, 3.05) is 44.1 Å². The second-order valence-corrected chi connectivity index (χ2v) is 15.0. The molecular formula is C38H62IN5O10. The highest BCUT2D eigenvalue weighted by molar-refractivity contribution is 14.1. The van der Waals surface area contributed by atoms with Gasteiger partial charge in [-0.2, -0.15) is 21.9 Å². The van der Waals surface area contributed by atoms with Crippen LogP contribution in [0.15, 0.2) is 60.7 Å². The summed E-state index contributed by atoms with van der Waals surface area (Å²) in [5.41, 5.74) is 14.6. The summed E-state index contributed by atoms with van der Waals surface area (Å²) in [7, 11) is 0. The van der Waals surface area contributed by atoms with E-state index in [1.165, 1.54) is 5.56 Å². The molecule has 2 aromatic carbocycles. The lowest BCUT2D eigenvalue weighted by Crippen LogP contribution is -2.50. The number of carbonyl (C=O) groups is 1. The molecule has 0 unspecified atom stereocenters. The fraction of sp³-hybridized carbons (Fsp3) is 0.658. The van der Waals surface area contributed by atoms with Gasteiger partial charge >= 0.3 is 5.97 Å². The van der Waals surface area contributed by atoms with E-state index in [0.29, 0.717) is 50.1 Å². The maximum absolute atomic E-state index is 10.9. The molecule has 0 bridgehead atoms. The standard InChI is InChI=1S/C38H62IN5O10/c1-29(2)24-34(50-38(5,27-39)54-49-21-18-37(45)46)41-53-36(26-32-14-10-7-11-15-32)43-52-35(25-30(3)4)42-51-33(17-16-31-12-8-6-9-13-31)40-48-28-44-19-22-47-23-20-44/h6-15,29-30,33-36,40-43H,16-28H2,1-5H3,(H,45,46)/t33-,34-,35-,36-,38-/m0/s1. The summed E-state index contributed by atoms with van der Waals surface area (Å²) >= 11 is 2.14. The average molecular weight is 876 g/mol. The van der Waals surface area contributed by atoms with Gasteiger partial charge in [0, 0.05) is 19.5 Å². The molecule has 3 rings (SSSR count). The van der Waals surface area contributed by atoms with E-state index in [0.717, 1.165) is 25.1 Å². The number of benzene rings is 2. The summed E-state index contributed by atoms with van der Waals surface area (Å²) in [6, 6.07) is 20.2. The normalized spacial score (nSPS) is 17.3. The van der Waals surface area contributed by atoms with Crippen LogP contribution >= 0.6 is 22.6 Å². The molecule has 1 aliphatic rings. The van der Waals surface area contributed by atoms with Gasteiger partial charge in [0.25, 0.3) is 0 Å². The largest absolute Gasteiger partial charge is 0.481 e. The third-order valence-electron chi connectivity index (χ3n) is 8.03. The van der Waals surface area contributed by atoms with Crippen molar-refractivity contribution in [1.29, 1.82) is 0 Å². The molecule has 54 heavy (non-hydrogen) atoms. The first-order valence-electron chi connectivity index (χ1n) is 18.8. The van der Waals surface area contributed by atoms with Crippen molar-refractivity contribution in [3.63, 3.8) is 0 Å². The zero-order valence-corrected chi connectivity index (χ0v) is 34.5. The number of aliphatic carboxylic acids is 1. The van der Waals surface area contributed by atoms with Crippen molar-refractivity contribution >= 4 is 28.6 Å². The van der Waals surface area contributed by atoms with Crippen LogP contribution in [0.5, 0.6) is 0 Å². The average Bonchev–Trinajstić information content (AvgIpc) is 3.15. The molecule has 16 heteroatoms. The molecule has 1 fully saturated rings. The number of aryl methyl sites for hydroxylation is 1. The van der Waals surface area contributed by atoms with Crippen LogP contribution in [0.1, 0.15) is 71.4 Å². The van der Waals surface area contributed by atoms with E-state index in [9.17, 15) is 4.79 Å². The highest BCUT2D eigenvalue weighted by Crippen LogP contribution is 2.22. The second-order valence-electron chi connectivity index (χ2n) is 14.2. The molecule has 1 heterocycles. The fourth-order valence-corrected chi connectivity index (χ4v) is 5.52. The predicted molar refractivity (Wildman–Crippen MR) is 211 cm³/mol. The number of ether oxygens (including phenoxy) is 2. The third-order valence-corrected chi connectivity index (χ3v) is 9.42. The zero-order valence-electron chi connectivity index (χ0n) is 32.4. The minimum absolute atomic E-state index is 0.106. The van der Waals surface area contributed by atoms with Gasteiger partial charge in [-0.1, -0.05) is 111 Å². The van der Waals surface area contributed by atoms with E-state index < -0.39 is 36.7 Å². The molecule has 0 aromatic heterocycles. The number of alkyl halides is 1. The van der Waals surface area contributed by atoms with Gasteiger partial charge in [-0.05, 0) is 55.6 Å². The smallest absolute Gasteiger partial charge is 0.305 e. The van der Waals surface area contributed by atoms with Crippen molar-refractivity contribution in [3.05, 3.63) is 71.8 Å². The summed E-state index contributed by atoms with van der Waals surface area (Å²) in [6.45, 7) is 13.4. The molecule has 5 atom stereocenters. The van der Waals surface area contributed by atoms with E-state index >= 15 is 0 Å². The Bertz CT molecular complexity index is 1250. The molecule has 0 aliphatic carbocycles. The number of carboxylic acid groups (broad SMARTS) is 1. The molecule has 5 N–H and O–H groups in total. The molecule has 0 spiro atoms. The number of hydroxylamine groups is 4. The molecule has 306 valence electrons. The summed E-state index contributed by atoms with van der Waals surface area (Å²) in [4.78, 5) is 48.4. The van der Waals surface area contributed by atoms with Crippen LogP contribution in [0.4, 0.5) is 0 Å². The first-order valence-corrected chi connectivity index (χ1v) is 20.3. The fourth-order valence-electron chi connectivity index (χ4n) is 5.21. The van der Waals surface area contributed by atoms with Gasteiger partial charge in [0.05, 0.1) is 30.7 Å². The van der Waals surface area contributed by atoms with Gasteiger partial charge < -0.3 is 14.6 Å². The predicted octanol–water partition coefficient (Wildman–Crippen LogP) is 5.22. The molecule has 0 radical (unpaired) electrons. The molecule has 2 aromatic rings. The number of halogens is 1. The van der Waals surface area contributed by atoms with E-state index in [1.807, 2.05) is 48.5 Å². The van der Waals surface area contributed by atoms with Gasteiger partial charge in [-0.15, -0.1) is 0 Å². The Morgan fingerprint density at radius 2 is 1.41 bits per heavy atom. The van der Waals surface area contributed by atoms with Gasteiger partial charge in [-0.25, -0.2) is 9.78 Å². The molecular weight excluding hydrogens is 813 g/mol. The number of hydrogen-bond donors (Lipinski definition) is 5. The van der Waals surface area contributed by atoms with Crippen LogP contribution in [0.25, 0.3) is 0 Å². The Labute approximate surface area is 334 Å². The van der Waals surface area contributed by atoms with E-state index in [2.05, 4.69) is 89.2 Å². The van der Waals surface area contributed by atoms with Crippen molar-refractivity contribution in [1.82, 2.24) is 26.8 Å². The SMILES string of the molecule is CC(C)C[C@@H](NO[C@@H](CCc1ccccc1)NOCN1CCOCC1)ON[C@H](Cc1ccccc1)ON[C@H](CC(C)C)O[C@](C)(CI)OOCCC(=O)O. The molecule has 0 amide bonds. The summed E-state index contributed by atoms with van der Waals surface area (Å²) in [5, 5.41) is 8.95. The lowest BCUT2D eigenvalue weighted by Gasteiger charge is -2.33. The van der Waals surface area contributed by atoms with Gasteiger partial charge in [0.1, 0.15) is 13.0 Å². The summed E-state index contributed by atoms with van der Waals surface area (Å²) in [5.74, 6) is -1.63. The summed E-state index contributed by atoms with van der Waals surface area (Å²) < 4.78 is 12.2. The number of nitrogens with zero attached hydrogens (tertiary/aromatic N) is 1. The maximum Gasteiger partial charge on any atom is 0.305 e. The Balaban J connectivity index is 1.65. The van der Waals surface area contributed by atoms with Gasteiger partial charge in [0.2, 0.25) is 5.79 Å². The van der Waals surface area contributed by atoms with Crippen LogP contribution in [0.3, 0.4) is 0 Å². The first kappa shape index (κ1) is 46.5. The summed E-state index contributed by atoms with van der Waals surface area (Å²) in [6.07, 6.45) is 0.645. The Morgan fingerprint density at radius 3 is 2.04 bits per heavy atom. The molecule has 15 nitrogen and oxygen atoms in total. The van der Waals surface area contributed by atoms with Crippen LogP contribution < -0.4 is 21.9 Å². The number of rotatable bonds is 30. The van der Waals surface area contributed by atoms with E-state index in [-0.39, 0.29) is 24.9 Å². The van der Waals surface area contributed by atoms with Crippen LogP contribution in [-0.4, -0.2) is 90.7 Å². The lowest BCUT2D eigenvalue weighted by molar-refractivity contribution is -0.427. The van der Waals surface area contributed by atoms with Crippen LogP contribution in [0, 0.1) is 11.8 Å². The Hall–Kier alpha value is -1.88. The van der Waals surface area contributed by atoms with Crippen molar-refractivity contribution in [2.24, 2.45) is 11.8 Å². The van der Waals surface area contributed by atoms with Crippen molar-refractivity contribution in [2.45, 2.75) is 104 Å². The number of hydrogen-bond acceptors (Lipinski definition) is 14. The zero-order chi connectivity index (χ0) is 39.0. The van der Waals surface area contributed by atoms with E-state index in [1.54, 1.807) is 6.92 Å². The molecule has 1 saturated heterocycles. The minimum Gasteiger partial charge on any atom is -0.481 e. The Kier molecular flexibility index (Phi) is 23.1. The second kappa shape index (κ2) is 26.9. The molecule has 1 aliphatic heterocycles. The van der Waals surface area contributed by atoms with Crippen LogP contribution in [0.2, 0.25) is 0 Å². The van der Waals surface area contributed by atoms with Gasteiger partial charge in [0.15, 0.2) is 18.7 Å². The van der Waals surface area contributed by atoms with E-state index in [4.69, 9.17) is 43.7 Å². The number of carboxylic acids is 1.